The van der Waals surface area contributed by atoms with E-state index in [1.54, 1.807) is 24.3 Å². The van der Waals surface area contributed by atoms with Crippen LogP contribution in [0.5, 0.6) is 0 Å². The average Bonchev–Trinajstić information content (AvgIpc) is 2.72. The fraction of sp³-hybridized carbons (Fsp3) is 0.318. The molecule has 2 aromatic carbocycles. The van der Waals surface area contributed by atoms with Crippen molar-refractivity contribution >= 4 is 17.9 Å². The summed E-state index contributed by atoms with van der Waals surface area (Å²) in [4.78, 5) is 35.1. The minimum Gasteiger partial charge on any atom is -0.480 e. The zero-order valence-corrected chi connectivity index (χ0v) is 16.1. The summed E-state index contributed by atoms with van der Waals surface area (Å²) in [6, 6.07) is 13.1. The quantitative estimate of drug-likeness (QED) is 0.575. The van der Waals surface area contributed by atoms with Crippen LogP contribution in [0.25, 0.3) is 0 Å². The number of carbonyl (C=O) groups excluding carboxylic acids is 2. The molecule has 1 aliphatic rings. The number of nitrogens with two attached hydrogens (primary N) is 1. The Morgan fingerprint density at radius 2 is 1.83 bits per heavy atom. The molecular weight excluding hydrogens is 370 g/mol. The van der Waals surface area contributed by atoms with E-state index in [1.165, 1.54) is 11.1 Å². The SMILES string of the molecule is NC(=O)NCc1ccc(C(=O)NC(CC2CCCc3ccccc32)C(=O)O)cc1. The highest BCUT2D eigenvalue weighted by atomic mass is 16.4. The maximum Gasteiger partial charge on any atom is 0.326 e. The van der Waals surface area contributed by atoms with Crippen LogP contribution < -0.4 is 16.4 Å². The van der Waals surface area contributed by atoms with E-state index in [9.17, 15) is 19.5 Å². The number of amides is 3. The summed E-state index contributed by atoms with van der Waals surface area (Å²) in [5, 5.41) is 14.8. The van der Waals surface area contributed by atoms with Gasteiger partial charge in [-0.3, -0.25) is 4.79 Å². The number of fused-ring (bicyclic) bond motifs is 1. The largest absolute Gasteiger partial charge is 0.480 e. The first-order valence-electron chi connectivity index (χ1n) is 9.67. The van der Waals surface area contributed by atoms with Crippen LogP contribution in [0.1, 0.15) is 52.2 Å². The molecule has 29 heavy (non-hydrogen) atoms. The third-order valence-corrected chi connectivity index (χ3v) is 5.30. The molecule has 152 valence electrons. The van der Waals surface area contributed by atoms with Crippen molar-refractivity contribution in [2.24, 2.45) is 5.73 Å². The van der Waals surface area contributed by atoms with Crippen molar-refractivity contribution < 1.29 is 19.5 Å². The van der Waals surface area contributed by atoms with Gasteiger partial charge in [-0.2, -0.15) is 0 Å². The lowest BCUT2D eigenvalue weighted by Gasteiger charge is -2.28. The second-order valence-corrected chi connectivity index (χ2v) is 7.30. The highest BCUT2D eigenvalue weighted by Crippen LogP contribution is 2.34. The van der Waals surface area contributed by atoms with E-state index in [0.29, 0.717) is 12.0 Å². The summed E-state index contributed by atoms with van der Waals surface area (Å²) >= 11 is 0. The molecule has 3 rings (SSSR count). The lowest BCUT2D eigenvalue weighted by atomic mass is 9.79. The number of aliphatic carboxylic acids is 1. The van der Waals surface area contributed by atoms with Crippen LogP contribution in [0.4, 0.5) is 4.79 Å². The molecular formula is C22H25N3O4. The third-order valence-electron chi connectivity index (χ3n) is 5.30. The van der Waals surface area contributed by atoms with Gasteiger partial charge in [0.2, 0.25) is 0 Å². The normalized spacial score (nSPS) is 16.3. The number of hydrogen-bond donors (Lipinski definition) is 4. The summed E-state index contributed by atoms with van der Waals surface area (Å²) in [5.74, 6) is -1.36. The molecule has 2 aromatic rings. The number of rotatable bonds is 7. The second-order valence-electron chi connectivity index (χ2n) is 7.30. The van der Waals surface area contributed by atoms with Crippen LogP contribution in [0, 0.1) is 0 Å². The molecule has 0 radical (unpaired) electrons. The summed E-state index contributed by atoms with van der Waals surface area (Å²) in [5.41, 5.74) is 8.64. The van der Waals surface area contributed by atoms with Crippen molar-refractivity contribution in [2.45, 2.75) is 44.2 Å². The first kappa shape index (κ1) is 20.4. The average molecular weight is 395 g/mol. The van der Waals surface area contributed by atoms with Crippen molar-refractivity contribution in [1.29, 1.82) is 0 Å². The topological polar surface area (TPSA) is 122 Å². The van der Waals surface area contributed by atoms with E-state index in [0.717, 1.165) is 24.8 Å². The van der Waals surface area contributed by atoms with E-state index < -0.39 is 23.9 Å². The number of carbonyl (C=O) groups is 3. The lowest BCUT2D eigenvalue weighted by Crippen LogP contribution is -2.42. The Balaban J connectivity index is 1.66. The van der Waals surface area contributed by atoms with Crippen molar-refractivity contribution in [2.75, 3.05) is 0 Å². The van der Waals surface area contributed by atoms with Crippen LogP contribution >= 0.6 is 0 Å². The standard InChI is InChI=1S/C22H25N3O4/c23-22(29)24-13-14-8-10-16(11-9-14)20(26)25-19(21(27)28)12-17-6-3-5-15-4-1-2-7-18(15)17/h1-2,4,7-11,17,19H,3,5-6,12-13H2,(H,25,26)(H,27,28)(H3,23,24,29). The fourth-order valence-electron chi connectivity index (χ4n) is 3.81. The predicted octanol–water partition coefficient (Wildman–Crippen LogP) is 2.55. The van der Waals surface area contributed by atoms with Gasteiger partial charge in [0.1, 0.15) is 6.04 Å². The van der Waals surface area contributed by atoms with E-state index in [-0.39, 0.29) is 12.5 Å². The Labute approximate surface area is 169 Å². The molecule has 0 aliphatic heterocycles. The van der Waals surface area contributed by atoms with Gasteiger partial charge in [-0.15, -0.1) is 0 Å². The minimum absolute atomic E-state index is 0.114. The number of aryl methyl sites for hydroxylation is 1. The number of carboxylic acids is 1. The molecule has 1 aliphatic carbocycles. The zero-order chi connectivity index (χ0) is 20.8. The Morgan fingerprint density at radius 3 is 2.52 bits per heavy atom. The highest BCUT2D eigenvalue weighted by Gasteiger charge is 2.28. The van der Waals surface area contributed by atoms with Gasteiger partial charge in [0, 0.05) is 12.1 Å². The number of nitrogens with one attached hydrogen (secondary N) is 2. The van der Waals surface area contributed by atoms with E-state index in [1.807, 2.05) is 12.1 Å². The molecule has 0 saturated heterocycles. The van der Waals surface area contributed by atoms with Crippen molar-refractivity contribution in [3.63, 3.8) is 0 Å². The van der Waals surface area contributed by atoms with E-state index in [4.69, 9.17) is 5.73 Å². The highest BCUT2D eigenvalue weighted by molar-refractivity contribution is 5.96. The molecule has 0 bridgehead atoms. The Kier molecular flexibility index (Phi) is 6.49. The number of hydrogen-bond acceptors (Lipinski definition) is 3. The van der Waals surface area contributed by atoms with Crippen LogP contribution in [0.3, 0.4) is 0 Å². The smallest absolute Gasteiger partial charge is 0.326 e. The number of carboxylic acid groups (broad SMARTS) is 1. The predicted molar refractivity (Wildman–Crippen MR) is 108 cm³/mol. The third kappa shape index (κ3) is 5.34. The maximum absolute atomic E-state index is 12.6. The molecule has 2 atom stereocenters. The summed E-state index contributed by atoms with van der Waals surface area (Å²) < 4.78 is 0. The van der Waals surface area contributed by atoms with Gasteiger partial charge in [-0.05, 0) is 60.4 Å². The van der Waals surface area contributed by atoms with Gasteiger partial charge in [0.05, 0.1) is 0 Å². The Bertz CT molecular complexity index is 895. The van der Waals surface area contributed by atoms with Crippen molar-refractivity contribution in [3.8, 4) is 0 Å². The molecule has 7 nitrogen and oxygen atoms in total. The van der Waals surface area contributed by atoms with Gasteiger partial charge in [-0.1, -0.05) is 36.4 Å². The van der Waals surface area contributed by atoms with E-state index >= 15 is 0 Å². The first-order valence-corrected chi connectivity index (χ1v) is 9.67. The summed E-state index contributed by atoms with van der Waals surface area (Å²) in [6.07, 6.45) is 3.30. The number of benzene rings is 2. The van der Waals surface area contributed by atoms with Crippen LogP contribution in [-0.2, 0) is 17.8 Å². The number of urea groups is 1. The van der Waals surface area contributed by atoms with Crippen molar-refractivity contribution in [3.05, 3.63) is 70.8 Å². The maximum atomic E-state index is 12.6. The van der Waals surface area contributed by atoms with Gasteiger partial charge >= 0.3 is 12.0 Å². The van der Waals surface area contributed by atoms with Crippen molar-refractivity contribution in [1.82, 2.24) is 10.6 Å². The molecule has 0 spiro atoms. The lowest BCUT2D eigenvalue weighted by molar-refractivity contribution is -0.139. The minimum atomic E-state index is -1.04. The number of primary amides is 1. The van der Waals surface area contributed by atoms with Crippen LogP contribution in [0.15, 0.2) is 48.5 Å². The molecule has 7 heteroatoms. The zero-order valence-electron chi connectivity index (χ0n) is 16.1. The second kappa shape index (κ2) is 9.23. The van der Waals surface area contributed by atoms with Crippen LogP contribution in [0.2, 0.25) is 0 Å². The fourth-order valence-corrected chi connectivity index (χ4v) is 3.81. The summed E-state index contributed by atoms with van der Waals surface area (Å²) in [6.45, 7) is 0.260. The van der Waals surface area contributed by atoms with E-state index in [2.05, 4.69) is 22.8 Å². The first-order chi connectivity index (χ1) is 13.9. The molecule has 0 fully saturated rings. The Hall–Kier alpha value is -3.35. The molecule has 0 aromatic heterocycles. The van der Waals surface area contributed by atoms with Gasteiger partial charge in [0.25, 0.3) is 5.91 Å². The van der Waals surface area contributed by atoms with Gasteiger partial charge in [0.15, 0.2) is 0 Å². The monoisotopic (exact) mass is 395 g/mol. The molecule has 2 unspecified atom stereocenters. The molecule has 5 N–H and O–H groups in total. The Morgan fingerprint density at radius 1 is 1.10 bits per heavy atom. The van der Waals surface area contributed by atoms with Gasteiger partial charge < -0.3 is 21.5 Å². The van der Waals surface area contributed by atoms with Crippen LogP contribution in [-0.4, -0.2) is 29.1 Å². The molecule has 0 heterocycles. The summed E-state index contributed by atoms with van der Waals surface area (Å²) in [7, 11) is 0. The molecule has 0 saturated carbocycles. The molecule has 3 amide bonds. The van der Waals surface area contributed by atoms with Gasteiger partial charge in [-0.25, -0.2) is 9.59 Å².